The Morgan fingerprint density at radius 1 is 0.854 bits per heavy atom. The third kappa shape index (κ3) is 9.51. The maximum atomic E-state index is 12.4. The predicted molar refractivity (Wildman–Crippen MR) is 180 cm³/mol. The molecule has 3 aromatic carbocycles. The lowest BCUT2D eigenvalue weighted by Gasteiger charge is -2.36. The number of aromatic nitrogens is 1. The number of carboxylic acid groups (broad SMARTS) is 2. The zero-order chi connectivity index (χ0) is 33.9. The molecule has 0 bridgehead atoms. The Bertz CT molecular complexity index is 1700. The molecule has 4 aromatic rings. The lowest BCUT2D eigenvalue weighted by Crippen LogP contribution is -2.31. The Balaban J connectivity index is 1.29. The van der Waals surface area contributed by atoms with Crippen LogP contribution in [0.4, 0.5) is 0 Å². The van der Waals surface area contributed by atoms with Gasteiger partial charge in [0.25, 0.3) is 0 Å². The first-order chi connectivity index (χ1) is 23.3. The average molecular weight is 671 g/mol. The van der Waals surface area contributed by atoms with E-state index >= 15 is 0 Å². The molecule has 0 spiro atoms. The molecule has 11 heteroatoms. The Morgan fingerprint density at radius 2 is 1.58 bits per heavy atom. The van der Waals surface area contributed by atoms with Crippen LogP contribution in [0.15, 0.2) is 96.2 Å². The van der Waals surface area contributed by atoms with Gasteiger partial charge in [-0.25, -0.2) is 9.78 Å². The molecule has 2 heterocycles. The molecule has 5 rings (SSSR count). The van der Waals surface area contributed by atoms with Crippen LogP contribution in [0.25, 0.3) is 11.1 Å². The molecule has 10 nitrogen and oxygen atoms in total. The summed E-state index contributed by atoms with van der Waals surface area (Å²) in [5.74, 6) is -1.54. The van der Waals surface area contributed by atoms with Gasteiger partial charge in [-0.3, -0.25) is 9.59 Å². The maximum Gasteiger partial charge on any atom is 0.338 e. The fourth-order valence-electron chi connectivity index (χ4n) is 5.48. The predicted octanol–water partition coefficient (Wildman–Crippen LogP) is 6.54. The minimum Gasteiger partial charge on any atom is -0.481 e. The normalized spacial score (nSPS) is 17.5. The standard InChI is InChI=1S/C37H38N2O8S/c40-22-24-11-13-26(14-12-24)32-20-29(23-48-35-31(36(44)45)8-5-19-38-35)46-37(47-32)27-17-15-25(16-18-27)30-7-2-1-6-28(30)21-39-33(41)9-3-4-10-34(42)43/h1-2,5-8,11-19,29,32,37,40H,3-4,9-10,20-23H2,(H,39,41)(H,42,43)(H,44,45). The van der Waals surface area contributed by atoms with Gasteiger partial charge in [0.2, 0.25) is 5.91 Å². The molecule has 0 saturated carbocycles. The van der Waals surface area contributed by atoms with Crippen molar-refractivity contribution in [1.29, 1.82) is 0 Å². The number of aromatic carboxylic acids is 1. The number of nitrogens with zero attached hydrogens (tertiary/aromatic N) is 1. The number of ether oxygens (including phenoxy) is 2. The van der Waals surface area contributed by atoms with Crippen LogP contribution in [0.2, 0.25) is 0 Å². The highest BCUT2D eigenvalue weighted by molar-refractivity contribution is 7.99. The maximum absolute atomic E-state index is 12.4. The molecule has 1 saturated heterocycles. The summed E-state index contributed by atoms with van der Waals surface area (Å²) in [5.41, 5.74) is 5.61. The van der Waals surface area contributed by atoms with Crippen LogP contribution in [-0.2, 0) is 32.2 Å². The molecular formula is C37H38N2O8S. The Kier molecular flexibility index (Phi) is 12.3. The molecule has 48 heavy (non-hydrogen) atoms. The molecule has 1 fully saturated rings. The summed E-state index contributed by atoms with van der Waals surface area (Å²) in [5, 5.41) is 31.3. The molecule has 3 atom stereocenters. The number of unbranched alkanes of at least 4 members (excludes halogenated alkanes) is 1. The SMILES string of the molecule is O=C(O)CCCCC(=O)NCc1ccccc1-c1ccc(C2OC(CSc3ncccc3C(=O)O)CC(c3ccc(CO)cc3)O2)cc1. The second-order valence-electron chi connectivity index (χ2n) is 11.5. The number of aliphatic hydroxyl groups excluding tert-OH is 1. The molecule has 1 aliphatic heterocycles. The Morgan fingerprint density at radius 3 is 2.31 bits per heavy atom. The highest BCUT2D eigenvalue weighted by Crippen LogP contribution is 2.40. The summed E-state index contributed by atoms with van der Waals surface area (Å²) in [7, 11) is 0. The summed E-state index contributed by atoms with van der Waals surface area (Å²) < 4.78 is 12.9. The van der Waals surface area contributed by atoms with E-state index in [1.807, 2.05) is 72.8 Å². The minimum atomic E-state index is -1.03. The molecule has 3 unspecified atom stereocenters. The lowest BCUT2D eigenvalue weighted by atomic mass is 9.97. The number of thioether (sulfide) groups is 1. The summed E-state index contributed by atoms with van der Waals surface area (Å²) in [6.45, 7) is 0.295. The van der Waals surface area contributed by atoms with Crippen molar-refractivity contribution in [1.82, 2.24) is 10.3 Å². The smallest absolute Gasteiger partial charge is 0.338 e. The van der Waals surface area contributed by atoms with Gasteiger partial charge in [0, 0.05) is 43.3 Å². The van der Waals surface area contributed by atoms with Gasteiger partial charge in [-0.1, -0.05) is 72.8 Å². The van der Waals surface area contributed by atoms with E-state index in [4.69, 9.17) is 14.6 Å². The monoisotopic (exact) mass is 670 g/mol. The van der Waals surface area contributed by atoms with Gasteiger partial charge in [0.1, 0.15) is 5.03 Å². The Hall–Kier alpha value is -4.55. The fourth-order valence-corrected chi connectivity index (χ4v) is 6.49. The van der Waals surface area contributed by atoms with Crippen LogP contribution >= 0.6 is 11.8 Å². The molecule has 1 aromatic heterocycles. The van der Waals surface area contributed by atoms with E-state index in [2.05, 4.69) is 10.3 Å². The first-order valence-corrected chi connectivity index (χ1v) is 16.8. The zero-order valence-corrected chi connectivity index (χ0v) is 27.1. The van der Waals surface area contributed by atoms with Gasteiger partial charge in [-0.2, -0.15) is 0 Å². The van der Waals surface area contributed by atoms with Crippen molar-refractivity contribution in [2.24, 2.45) is 0 Å². The average Bonchev–Trinajstić information content (AvgIpc) is 3.11. The van der Waals surface area contributed by atoms with Crippen LogP contribution in [0.5, 0.6) is 0 Å². The molecule has 1 amide bonds. The van der Waals surface area contributed by atoms with Gasteiger partial charge in [-0.05, 0) is 52.8 Å². The molecular weight excluding hydrogens is 632 g/mol. The number of carbonyl (C=O) groups excluding carboxylic acids is 1. The van der Waals surface area contributed by atoms with Crippen LogP contribution in [0.1, 0.15) is 77.1 Å². The van der Waals surface area contributed by atoms with Crippen LogP contribution in [0.3, 0.4) is 0 Å². The molecule has 1 aliphatic rings. The number of amides is 1. The van der Waals surface area contributed by atoms with Crippen molar-refractivity contribution in [3.63, 3.8) is 0 Å². The van der Waals surface area contributed by atoms with Gasteiger partial charge < -0.3 is 30.1 Å². The van der Waals surface area contributed by atoms with E-state index in [1.54, 1.807) is 12.3 Å². The number of nitrogens with one attached hydrogen (secondary N) is 1. The van der Waals surface area contributed by atoms with E-state index in [9.17, 15) is 24.6 Å². The number of aliphatic carboxylic acids is 1. The number of hydrogen-bond donors (Lipinski definition) is 4. The van der Waals surface area contributed by atoms with E-state index in [0.29, 0.717) is 36.6 Å². The minimum absolute atomic E-state index is 0.0523. The zero-order valence-electron chi connectivity index (χ0n) is 26.3. The number of benzene rings is 3. The van der Waals surface area contributed by atoms with Crippen molar-refractivity contribution in [2.45, 2.75) is 68.8 Å². The number of pyridine rings is 1. The van der Waals surface area contributed by atoms with Crippen molar-refractivity contribution < 1.29 is 39.2 Å². The summed E-state index contributed by atoms with van der Waals surface area (Å²) in [4.78, 5) is 39.1. The second kappa shape index (κ2) is 17.0. The van der Waals surface area contributed by atoms with E-state index in [0.717, 1.165) is 33.4 Å². The van der Waals surface area contributed by atoms with E-state index in [-0.39, 0.29) is 43.1 Å². The van der Waals surface area contributed by atoms with E-state index in [1.165, 1.54) is 17.8 Å². The van der Waals surface area contributed by atoms with Gasteiger partial charge in [0.05, 0.1) is 24.4 Å². The summed E-state index contributed by atoms with van der Waals surface area (Å²) >= 11 is 1.34. The van der Waals surface area contributed by atoms with Crippen molar-refractivity contribution >= 4 is 29.6 Å². The summed E-state index contributed by atoms with van der Waals surface area (Å²) in [6.07, 6.45) is 2.20. The quantitative estimate of drug-likeness (QED) is 0.0810. The van der Waals surface area contributed by atoms with Gasteiger partial charge in [-0.15, -0.1) is 11.8 Å². The number of hydrogen-bond acceptors (Lipinski definition) is 8. The number of aliphatic hydroxyl groups is 1. The first-order valence-electron chi connectivity index (χ1n) is 15.8. The van der Waals surface area contributed by atoms with Crippen molar-refractivity contribution in [2.75, 3.05) is 5.75 Å². The van der Waals surface area contributed by atoms with Crippen molar-refractivity contribution in [3.8, 4) is 11.1 Å². The fraction of sp³-hybridized carbons (Fsp3) is 0.297. The van der Waals surface area contributed by atoms with Gasteiger partial charge >= 0.3 is 11.9 Å². The second-order valence-corrected chi connectivity index (χ2v) is 12.5. The highest BCUT2D eigenvalue weighted by Gasteiger charge is 2.32. The van der Waals surface area contributed by atoms with Crippen LogP contribution in [-0.4, -0.2) is 50.0 Å². The summed E-state index contributed by atoms with van der Waals surface area (Å²) in [6, 6.07) is 26.5. The van der Waals surface area contributed by atoms with Crippen LogP contribution < -0.4 is 5.32 Å². The molecule has 4 N–H and O–H groups in total. The number of carbonyl (C=O) groups is 3. The lowest BCUT2D eigenvalue weighted by molar-refractivity contribution is -0.245. The third-order valence-electron chi connectivity index (χ3n) is 8.05. The molecule has 0 aliphatic carbocycles. The first kappa shape index (κ1) is 34.8. The Labute approximate surface area is 283 Å². The third-order valence-corrected chi connectivity index (χ3v) is 9.19. The topological polar surface area (TPSA) is 155 Å². The molecule has 0 radical (unpaired) electrons. The van der Waals surface area contributed by atoms with E-state index < -0.39 is 18.2 Å². The van der Waals surface area contributed by atoms with Gasteiger partial charge in [0.15, 0.2) is 6.29 Å². The van der Waals surface area contributed by atoms with Crippen LogP contribution in [0, 0.1) is 0 Å². The largest absolute Gasteiger partial charge is 0.481 e. The highest BCUT2D eigenvalue weighted by atomic mass is 32.2. The van der Waals surface area contributed by atoms with Crippen molar-refractivity contribution in [3.05, 3.63) is 119 Å². The molecule has 250 valence electrons. The number of rotatable bonds is 15. The number of carboxylic acids is 2.